The number of nitrogens with one attached hydrogen (secondary N) is 1. The summed E-state index contributed by atoms with van der Waals surface area (Å²) in [6, 6.07) is 7.75. The Bertz CT molecular complexity index is 402. The Labute approximate surface area is 98.8 Å². The van der Waals surface area contributed by atoms with E-state index in [2.05, 4.69) is 10.3 Å². The van der Waals surface area contributed by atoms with E-state index in [9.17, 15) is 5.11 Å². The van der Waals surface area contributed by atoms with E-state index in [-0.39, 0.29) is 0 Å². The Balaban J connectivity index is 1.76. The van der Waals surface area contributed by atoms with Gasteiger partial charge in [0.15, 0.2) is 0 Å². The van der Waals surface area contributed by atoms with Crippen molar-refractivity contribution < 1.29 is 5.11 Å². The molecule has 0 radical (unpaired) electrons. The van der Waals surface area contributed by atoms with Gasteiger partial charge in [0.05, 0.1) is 11.8 Å². The first-order valence-electron chi connectivity index (χ1n) is 5.17. The fraction of sp³-hybridized carbons (Fsp3) is 0.250. The third-order valence-electron chi connectivity index (χ3n) is 2.30. The summed E-state index contributed by atoms with van der Waals surface area (Å²) < 4.78 is 0. The van der Waals surface area contributed by atoms with Crippen LogP contribution < -0.4 is 5.32 Å². The van der Waals surface area contributed by atoms with Gasteiger partial charge in [-0.1, -0.05) is 6.07 Å². The Kier molecular flexibility index (Phi) is 4.04. The van der Waals surface area contributed by atoms with E-state index in [1.54, 1.807) is 17.5 Å². The topological polar surface area (TPSA) is 45.1 Å². The zero-order valence-corrected chi connectivity index (χ0v) is 9.65. The Morgan fingerprint density at radius 1 is 1.38 bits per heavy atom. The summed E-state index contributed by atoms with van der Waals surface area (Å²) in [5, 5.41) is 16.9. The van der Waals surface area contributed by atoms with Crippen LogP contribution in [0.15, 0.2) is 41.2 Å². The number of aliphatic hydroxyl groups excluding tert-OH is 1. The van der Waals surface area contributed by atoms with Gasteiger partial charge in [0, 0.05) is 19.3 Å². The van der Waals surface area contributed by atoms with Gasteiger partial charge in [-0.25, -0.2) is 0 Å². The third kappa shape index (κ3) is 3.13. The molecule has 2 aromatic rings. The average Bonchev–Trinajstić information content (AvgIpc) is 2.84. The standard InChI is InChI=1S/C12H14N2OS/c15-12(10-4-6-16-9-10)8-13-7-11-3-1-2-5-14-11/h1-6,9,12-13,15H,7-8H2. The molecule has 0 spiro atoms. The Morgan fingerprint density at radius 3 is 3.00 bits per heavy atom. The maximum atomic E-state index is 9.81. The van der Waals surface area contributed by atoms with Crippen LogP contribution in [-0.4, -0.2) is 16.6 Å². The van der Waals surface area contributed by atoms with Crippen LogP contribution in [0.5, 0.6) is 0 Å². The minimum absolute atomic E-state index is 0.435. The lowest BCUT2D eigenvalue weighted by Crippen LogP contribution is -2.21. The molecule has 0 aliphatic rings. The number of thiophene rings is 1. The number of hydrogen-bond donors (Lipinski definition) is 2. The van der Waals surface area contributed by atoms with Crippen LogP contribution in [-0.2, 0) is 6.54 Å². The van der Waals surface area contributed by atoms with E-state index in [0.29, 0.717) is 13.1 Å². The van der Waals surface area contributed by atoms with E-state index < -0.39 is 6.10 Å². The van der Waals surface area contributed by atoms with Crippen molar-refractivity contribution >= 4 is 11.3 Å². The minimum atomic E-state index is -0.435. The van der Waals surface area contributed by atoms with Crippen LogP contribution in [0, 0.1) is 0 Å². The molecule has 2 N–H and O–H groups in total. The van der Waals surface area contributed by atoms with Gasteiger partial charge in [0.2, 0.25) is 0 Å². The molecular weight excluding hydrogens is 220 g/mol. The Morgan fingerprint density at radius 2 is 2.31 bits per heavy atom. The maximum absolute atomic E-state index is 9.81. The molecule has 0 bridgehead atoms. The molecule has 0 aromatic carbocycles. The van der Waals surface area contributed by atoms with Crippen molar-refractivity contribution in [3.05, 3.63) is 52.5 Å². The molecule has 3 nitrogen and oxygen atoms in total. The van der Waals surface area contributed by atoms with Crippen molar-refractivity contribution in [2.24, 2.45) is 0 Å². The summed E-state index contributed by atoms with van der Waals surface area (Å²) in [6.07, 6.45) is 1.33. The molecule has 2 aromatic heterocycles. The average molecular weight is 234 g/mol. The van der Waals surface area contributed by atoms with Crippen molar-refractivity contribution in [2.45, 2.75) is 12.6 Å². The van der Waals surface area contributed by atoms with Gasteiger partial charge < -0.3 is 10.4 Å². The second kappa shape index (κ2) is 5.75. The van der Waals surface area contributed by atoms with Gasteiger partial charge >= 0.3 is 0 Å². The summed E-state index contributed by atoms with van der Waals surface area (Å²) in [5.74, 6) is 0. The van der Waals surface area contributed by atoms with E-state index in [0.717, 1.165) is 11.3 Å². The van der Waals surface area contributed by atoms with Gasteiger partial charge in [-0.15, -0.1) is 0 Å². The SMILES string of the molecule is OC(CNCc1ccccn1)c1ccsc1. The third-order valence-corrected chi connectivity index (χ3v) is 3.00. The molecule has 0 aliphatic carbocycles. The molecule has 0 saturated heterocycles. The number of rotatable bonds is 5. The highest BCUT2D eigenvalue weighted by Gasteiger charge is 2.06. The van der Waals surface area contributed by atoms with E-state index >= 15 is 0 Å². The predicted molar refractivity (Wildman–Crippen MR) is 65.2 cm³/mol. The highest BCUT2D eigenvalue weighted by atomic mass is 32.1. The first-order chi connectivity index (χ1) is 7.86. The van der Waals surface area contributed by atoms with Crippen molar-refractivity contribution in [2.75, 3.05) is 6.54 Å². The first-order valence-corrected chi connectivity index (χ1v) is 6.11. The maximum Gasteiger partial charge on any atom is 0.0922 e. The van der Waals surface area contributed by atoms with Crippen molar-refractivity contribution in [1.82, 2.24) is 10.3 Å². The summed E-state index contributed by atoms with van der Waals surface area (Å²) in [6.45, 7) is 1.23. The number of aromatic nitrogens is 1. The van der Waals surface area contributed by atoms with E-state index in [1.807, 2.05) is 35.0 Å². The lowest BCUT2D eigenvalue weighted by molar-refractivity contribution is 0.174. The lowest BCUT2D eigenvalue weighted by Gasteiger charge is -2.09. The van der Waals surface area contributed by atoms with Crippen LogP contribution >= 0.6 is 11.3 Å². The second-order valence-corrected chi connectivity index (χ2v) is 4.30. The number of aliphatic hydroxyl groups is 1. The largest absolute Gasteiger partial charge is 0.387 e. The van der Waals surface area contributed by atoms with Crippen LogP contribution in [0.2, 0.25) is 0 Å². The van der Waals surface area contributed by atoms with E-state index in [4.69, 9.17) is 0 Å². The highest BCUT2D eigenvalue weighted by molar-refractivity contribution is 7.07. The molecule has 0 saturated carbocycles. The molecule has 4 heteroatoms. The minimum Gasteiger partial charge on any atom is -0.387 e. The van der Waals surface area contributed by atoms with Gasteiger partial charge in [-0.3, -0.25) is 4.98 Å². The fourth-order valence-corrected chi connectivity index (χ4v) is 2.13. The quantitative estimate of drug-likeness (QED) is 0.831. The molecule has 1 unspecified atom stereocenters. The van der Waals surface area contributed by atoms with Crippen LogP contribution in [0.1, 0.15) is 17.4 Å². The van der Waals surface area contributed by atoms with Gasteiger partial charge in [0.1, 0.15) is 0 Å². The summed E-state index contributed by atoms with van der Waals surface area (Å²) in [5.41, 5.74) is 1.96. The molecular formula is C12H14N2OS. The normalized spacial score (nSPS) is 12.6. The van der Waals surface area contributed by atoms with Gasteiger partial charge in [-0.2, -0.15) is 11.3 Å². The van der Waals surface area contributed by atoms with Gasteiger partial charge in [-0.05, 0) is 34.5 Å². The van der Waals surface area contributed by atoms with Crippen molar-refractivity contribution in [1.29, 1.82) is 0 Å². The Hall–Kier alpha value is -1.23. The molecule has 2 rings (SSSR count). The monoisotopic (exact) mass is 234 g/mol. The van der Waals surface area contributed by atoms with Crippen molar-refractivity contribution in [3.63, 3.8) is 0 Å². The summed E-state index contributed by atoms with van der Waals surface area (Å²) in [7, 11) is 0. The van der Waals surface area contributed by atoms with E-state index in [1.165, 1.54) is 0 Å². The molecule has 0 fully saturated rings. The van der Waals surface area contributed by atoms with Crippen LogP contribution in [0.25, 0.3) is 0 Å². The molecule has 84 valence electrons. The summed E-state index contributed by atoms with van der Waals surface area (Å²) in [4.78, 5) is 4.20. The fourth-order valence-electron chi connectivity index (χ4n) is 1.42. The number of hydrogen-bond acceptors (Lipinski definition) is 4. The molecule has 2 heterocycles. The first kappa shape index (κ1) is 11.3. The summed E-state index contributed by atoms with van der Waals surface area (Å²) >= 11 is 1.60. The molecule has 1 atom stereocenters. The second-order valence-electron chi connectivity index (χ2n) is 3.52. The molecule has 0 amide bonds. The van der Waals surface area contributed by atoms with Crippen molar-refractivity contribution in [3.8, 4) is 0 Å². The van der Waals surface area contributed by atoms with Crippen LogP contribution in [0.4, 0.5) is 0 Å². The number of nitrogens with zero attached hydrogens (tertiary/aromatic N) is 1. The predicted octanol–water partition coefficient (Wildman–Crippen LogP) is 1.97. The zero-order valence-electron chi connectivity index (χ0n) is 8.84. The molecule has 16 heavy (non-hydrogen) atoms. The number of pyridine rings is 1. The highest BCUT2D eigenvalue weighted by Crippen LogP contribution is 2.15. The van der Waals surface area contributed by atoms with Crippen LogP contribution in [0.3, 0.4) is 0 Å². The molecule has 0 aliphatic heterocycles. The van der Waals surface area contributed by atoms with Gasteiger partial charge in [0.25, 0.3) is 0 Å². The smallest absolute Gasteiger partial charge is 0.0922 e. The zero-order chi connectivity index (χ0) is 11.2. The lowest BCUT2D eigenvalue weighted by atomic mass is 10.2.